The van der Waals surface area contributed by atoms with Gasteiger partial charge < -0.3 is 30.0 Å². The monoisotopic (exact) mass is 692 g/mol. The Hall–Kier alpha value is -3.73. The lowest BCUT2D eigenvalue weighted by molar-refractivity contribution is -0.142. The van der Waals surface area contributed by atoms with E-state index in [4.69, 9.17) is 9.16 Å². The number of phenolic OH excluding ortho intramolecular Hbond substituents is 1. The topological polar surface area (TPSA) is 117 Å². The van der Waals surface area contributed by atoms with Crippen molar-refractivity contribution in [2.45, 2.75) is 110 Å². The van der Waals surface area contributed by atoms with Crippen molar-refractivity contribution in [3.05, 3.63) is 101 Å². The van der Waals surface area contributed by atoms with Gasteiger partial charge in [0.25, 0.3) is 5.91 Å². The third-order valence-electron chi connectivity index (χ3n) is 9.02. The molecule has 49 heavy (non-hydrogen) atoms. The zero-order valence-corrected chi connectivity index (χ0v) is 31.2. The molecule has 0 heterocycles. The van der Waals surface area contributed by atoms with E-state index >= 15 is 0 Å². The number of hydrogen-bond donors (Lipinski definition) is 4. The molecule has 0 unspecified atom stereocenters. The molecule has 0 radical (unpaired) electrons. The molecule has 8 nitrogen and oxygen atoms in total. The molecule has 0 saturated carbocycles. The molecule has 0 aliphatic heterocycles. The first-order valence-electron chi connectivity index (χ1n) is 17.1. The number of alkyl carbamates (subject to hydrolysis) is 1. The van der Waals surface area contributed by atoms with Crippen LogP contribution >= 0.6 is 0 Å². The van der Waals surface area contributed by atoms with Gasteiger partial charge in [0, 0.05) is 18.9 Å². The molecule has 1 aliphatic rings. The van der Waals surface area contributed by atoms with Crippen LogP contribution in [0.4, 0.5) is 9.18 Å². The van der Waals surface area contributed by atoms with Crippen molar-refractivity contribution in [3.63, 3.8) is 0 Å². The van der Waals surface area contributed by atoms with Crippen molar-refractivity contribution in [3.8, 4) is 5.75 Å². The minimum atomic E-state index is -1.96. The van der Waals surface area contributed by atoms with Crippen LogP contribution in [0.15, 0.2) is 72.8 Å². The lowest BCUT2D eigenvalue weighted by Gasteiger charge is -2.45. The molecule has 0 fully saturated rings. The molecule has 5 atom stereocenters. The molecule has 2 amide bonds. The van der Waals surface area contributed by atoms with E-state index in [0.717, 1.165) is 11.1 Å². The highest BCUT2D eigenvalue weighted by atomic mass is 28.3. The first-order valence-corrected chi connectivity index (χ1v) is 19.9. The molecule has 4 N–H and O–H groups in total. The van der Waals surface area contributed by atoms with Crippen molar-refractivity contribution in [2.24, 2.45) is 11.3 Å². The summed E-state index contributed by atoms with van der Waals surface area (Å²) in [5.41, 5.74) is 0.106. The number of fused-ring (bicyclic) bond motifs is 1. The van der Waals surface area contributed by atoms with Crippen LogP contribution in [0.1, 0.15) is 76.3 Å². The average Bonchev–Trinajstić information content (AvgIpc) is 3.31. The van der Waals surface area contributed by atoms with E-state index < -0.39 is 61.7 Å². The van der Waals surface area contributed by atoms with Gasteiger partial charge in [-0.2, -0.15) is 0 Å². The van der Waals surface area contributed by atoms with Crippen LogP contribution in [0, 0.1) is 17.2 Å². The van der Waals surface area contributed by atoms with Gasteiger partial charge in [0.05, 0.1) is 12.1 Å². The number of aliphatic hydroxyl groups excluding tert-OH is 1. The standard InChI is InChI=1S/C39H53FN2O6Si/c1-37(2,3)30(32(21-25-13-10-9-11-14-25)41-36(46)47-38(4,5)6)24-39(48-49(7)8,23-26-17-19-27(43)20-18-26)35(45)42-34-28-15-12-16-31(40)29(28)22-33(34)44/h9-20,30,32-34,43-44,49H,21-24H2,1-8H3,(H,41,46)(H,42,45)/t30-,32+,33-,34+,39+/m1/s1. The Morgan fingerprint density at radius 3 is 2.18 bits per heavy atom. The summed E-state index contributed by atoms with van der Waals surface area (Å²) in [7, 11) is -1.96. The van der Waals surface area contributed by atoms with Crippen molar-refractivity contribution >= 4 is 21.0 Å². The summed E-state index contributed by atoms with van der Waals surface area (Å²) < 4.78 is 27.4. The van der Waals surface area contributed by atoms with Crippen LogP contribution in [-0.4, -0.2) is 54.6 Å². The Morgan fingerprint density at radius 1 is 0.939 bits per heavy atom. The van der Waals surface area contributed by atoms with Crippen LogP contribution in [0.5, 0.6) is 5.75 Å². The van der Waals surface area contributed by atoms with E-state index in [0.29, 0.717) is 17.5 Å². The lowest BCUT2D eigenvalue weighted by Crippen LogP contribution is -2.58. The normalized spacial score (nSPS) is 18.7. The maximum Gasteiger partial charge on any atom is 0.407 e. The van der Waals surface area contributed by atoms with Crippen LogP contribution < -0.4 is 10.6 Å². The molecule has 3 aromatic rings. The van der Waals surface area contributed by atoms with Gasteiger partial charge in [-0.15, -0.1) is 0 Å². The van der Waals surface area contributed by atoms with Crippen molar-refractivity contribution in [2.75, 3.05) is 0 Å². The molecule has 0 aromatic heterocycles. The number of hydrogen-bond acceptors (Lipinski definition) is 6. The van der Waals surface area contributed by atoms with Gasteiger partial charge in [-0.05, 0) is 98.5 Å². The van der Waals surface area contributed by atoms with E-state index in [1.165, 1.54) is 6.07 Å². The van der Waals surface area contributed by atoms with Crippen LogP contribution in [0.3, 0.4) is 0 Å². The smallest absolute Gasteiger partial charge is 0.407 e. The van der Waals surface area contributed by atoms with Crippen LogP contribution in [0.25, 0.3) is 0 Å². The van der Waals surface area contributed by atoms with E-state index in [2.05, 4.69) is 31.4 Å². The highest BCUT2D eigenvalue weighted by molar-refractivity contribution is 6.48. The minimum absolute atomic E-state index is 0.0846. The van der Waals surface area contributed by atoms with Gasteiger partial charge in [-0.25, -0.2) is 9.18 Å². The van der Waals surface area contributed by atoms with E-state index in [1.807, 2.05) is 64.2 Å². The number of halogens is 1. The molecule has 10 heteroatoms. The number of benzene rings is 3. The van der Waals surface area contributed by atoms with Gasteiger partial charge in [-0.3, -0.25) is 4.79 Å². The predicted molar refractivity (Wildman–Crippen MR) is 192 cm³/mol. The zero-order valence-electron chi connectivity index (χ0n) is 30.0. The number of carbonyl (C=O) groups excluding carboxylic acids is 2. The van der Waals surface area contributed by atoms with E-state index in [1.54, 1.807) is 36.4 Å². The number of phenols is 1. The number of rotatable bonds is 12. The number of amides is 2. The molecule has 0 bridgehead atoms. The van der Waals surface area contributed by atoms with Crippen molar-refractivity contribution < 1.29 is 33.4 Å². The van der Waals surface area contributed by atoms with E-state index in [-0.39, 0.29) is 30.9 Å². The summed E-state index contributed by atoms with van der Waals surface area (Å²) >= 11 is 0. The third kappa shape index (κ3) is 10.2. The zero-order chi connectivity index (χ0) is 36.1. The lowest BCUT2D eigenvalue weighted by atomic mass is 9.68. The molecule has 1 aliphatic carbocycles. The Kier molecular flexibility index (Phi) is 12.0. The molecule has 0 saturated heterocycles. The van der Waals surface area contributed by atoms with Gasteiger partial charge in [-0.1, -0.05) is 75.4 Å². The second-order valence-electron chi connectivity index (χ2n) is 15.7. The Morgan fingerprint density at radius 2 is 1.59 bits per heavy atom. The van der Waals surface area contributed by atoms with Gasteiger partial charge in [0.2, 0.25) is 0 Å². The number of aromatic hydroxyl groups is 1. The Bertz CT molecular complexity index is 1570. The maximum atomic E-state index is 14.9. The molecule has 0 spiro atoms. The minimum Gasteiger partial charge on any atom is -0.508 e. The highest BCUT2D eigenvalue weighted by Gasteiger charge is 2.49. The summed E-state index contributed by atoms with van der Waals surface area (Å²) in [5, 5.41) is 27.4. The summed E-state index contributed by atoms with van der Waals surface area (Å²) in [6.45, 7) is 15.7. The first kappa shape index (κ1) is 38.1. The SMILES string of the molecule is C[SiH](C)O[C@@](Cc1ccc(O)cc1)(C[C@H]([C@H](Cc1ccccc1)NC(=O)OC(C)(C)C)C(C)(C)C)C(=O)N[C@H]1c2cccc(F)c2C[C@H]1O. The Labute approximate surface area is 292 Å². The number of aliphatic hydroxyl groups is 1. The third-order valence-corrected chi connectivity index (χ3v) is 9.95. The number of nitrogens with one attached hydrogen (secondary N) is 2. The van der Waals surface area contributed by atoms with Crippen LogP contribution in [0.2, 0.25) is 13.1 Å². The second kappa shape index (κ2) is 15.4. The Balaban J connectivity index is 1.83. The number of ether oxygens (including phenoxy) is 1. The fourth-order valence-corrected chi connectivity index (χ4v) is 8.06. The summed E-state index contributed by atoms with van der Waals surface area (Å²) in [6, 6.07) is 19.9. The molecule has 266 valence electrons. The molecule has 3 aromatic carbocycles. The van der Waals surface area contributed by atoms with E-state index in [9.17, 15) is 24.2 Å². The van der Waals surface area contributed by atoms with Gasteiger partial charge in [0.1, 0.15) is 22.8 Å². The average molecular weight is 693 g/mol. The largest absolute Gasteiger partial charge is 0.508 e. The van der Waals surface area contributed by atoms with Crippen LogP contribution in [-0.2, 0) is 33.2 Å². The maximum absolute atomic E-state index is 14.9. The second-order valence-corrected chi connectivity index (χ2v) is 18.0. The first-order chi connectivity index (χ1) is 22.9. The summed E-state index contributed by atoms with van der Waals surface area (Å²) in [6.07, 6.45) is -0.631. The fourth-order valence-electron chi connectivity index (χ4n) is 6.87. The summed E-state index contributed by atoms with van der Waals surface area (Å²) in [5.74, 6) is -1.07. The summed E-state index contributed by atoms with van der Waals surface area (Å²) in [4.78, 5) is 28.3. The number of carbonyl (C=O) groups is 2. The molecular formula is C39H53FN2O6Si. The fraction of sp³-hybridized carbons (Fsp3) is 0.487. The molecule has 4 rings (SSSR count). The van der Waals surface area contributed by atoms with Crippen molar-refractivity contribution in [1.82, 2.24) is 10.6 Å². The van der Waals surface area contributed by atoms with Crippen molar-refractivity contribution in [1.29, 1.82) is 0 Å². The highest BCUT2D eigenvalue weighted by Crippen LogP contribution is 2.41. The quantitative estimate of drug-likeness (QED) is 0.156. The van der Waals surface area contributed by atoms with Gasteiger partial charge in [0.15, 0.2) is 9.04 Å². The predicted octanol–water partition coefficient (Wildman–Crippen LogP) is 6.78. The van der Waals surface area contributed by atoms with Gasteiger partial charge >= 0.3 is 6.09 Å². The molecular weight excluding hydrogens is 640 g/mol.